The maximum atomic E-state index is 13.1. The molecule has 0 bridgehead atoms. The number of hydrogen-bond donors (Lipinski definition) is 13. The summed E-state index contributed by atoms with van der Waals surface area (Å²) >= 11 is 0. The molecule has 0 radical (unpaired) electrons. The van der Waals surface area contributed by atoms with Crippen LogP contribution in [0.4, 0.5) is 0 Å². The van der Waals surface area contributed by atoms with Crippen molar-refractivity contribution in [2.75, 3.05) is 45.8 Å². The molecule has 0 aliphatic rings. The van der Waals surface area contributed by atoms with Gasteiger partial charge in [0.25, 0.3) is 0 Å². The average molecular weight is 803 g/mol. The summed E-state index contributed by atoms with van der Waals surface area (Å²) in [5.41, 5.74) is 17.3. The molecule has 3 atom stereocenters. The zero-order valence-corrected chi connectivity index (χ0v) is 31.1. The molecule has 2 aromatic rings. The van der Waals surface area contributed by atoms with Gasteiger partial charge in [-0.25, -0.2) is 4.79 Å². The number of nitrogens with two attached hydrogens (primary N) is 3. The van der Waals surface area contributed by atoms with Crippen molar-refractivity contribution in [1.82, 2.24) is 47.5 Å². The molecule has 0 aliphatic heterocycles. The maximum Gasteiger partial charge on any atom is 0.326 e. The molecule has 1 heterocycles. The van der Waals surface area contributed by atoms with E-state index in [9.17, 15) is 53.1 Å². The zero-order valence-electron chi connectivity index (χ0n) is 31.1. The third-order valence-electron chi connectivity index (χ3n) is 8.04. The van der Waals surface area contributed by atoms with E-state index < -0.39 is 110 Å². The number of rotatable bonds is 26. The van der Waals surface area contributed by atoms with Gasteiger partial charge in [0.05, 0.1) is 39.3 Å². The number of carboxylic acid groups (broad SMARTS) is 1. The van der Waals surface area contributed by atoms with Crippen molar-refractivity contribution in [3.63, 3.8) is 0 Å². The first-order valence-electron chi connectivity index (χ1n) is 17.8. The van der Waals surface area contributed by atoms with Gasteiger partial charge in [0.15, 0.2) is 0 Å². The van der Waals surface area contributed by atoms with E-state index in [2.05, 4.69) is 47.5 Å². The van der Waals surface area contributed by atoms with Crippen molar-refractivity contribution in [3.05, 3.63) is 36.0 Å². The Morgan fingerprint density at radius 3 is 1.72 bits per heavy atom. The standard InChI is InChI=1S/C34H50N12O11/c35-10-4-3-7-23(34(56)57)46-33(55)22(8-9-25(37)47)44-30(52)18-42-28(50)15-40-27(49)14-41-29(51)16-43-32(54)24(45-31(53)17-39-26(48)12-36)11-19-13-38-21-6-2-1-5-20(19)21/h1-2,5-6,13,22-24,38H,3-4,7-12,14-18,35-36H2,(H2,37,47)(H,39,48)(H,40,49)(H,41,51)(H,42,50)(H,43,54)(H,44,52)(H,45,53)(H,46,55)(H,56,57). The van der Waals surface area contributed by atoms with Gasteiger partial charge in [-0.05, 0) is 43.9 Å². The minimum atomic E-state index is -1.36. The molecule has 23 nitrogen and oxygen atoms in total. The predicted molar refractivity (Wildman–Crippen MR) is 201 cm³/mol. The van der Waals surface area contributed by atoms with E-state index in [0.717, 1.165) is 10.9 Å². The highest BCUT2D eigenvalue weighted by Crippen LogP contribution is 2.19. The Kier molecular flexibility index (Phi) is 20.2. The summed E-state index contributed by atoms with van der Waals surface area (Å²) in [7, 11) is 0. The van der Waals surface area contributed by atoms with Gasteiger partial charge < -0.3 is 69.8 Å². The number of aromatic amines is 1. The minimum absolute atomic E-state index is 0.0224. The van der Waals surface area contributed by atoms with Crippen molar-refractivity contribution in [2.45, 2.75) is 56.7 Å². The van der Waals surface area contributed by atoms with E-state index in [0.29, 0.717) is 24.9 Å². The van der Waals surface area contributed by atoms with Crippen molar-refractivity contribution >= 4 is 70.0 Å². The van der Waals surface area contributed by atoms with E-state index in [1.807, 2.05) is 18.2 Å². The molecule has 0 spiro atoms. The fourth-order valence-electron chi connectivity index (χ4n) is 5.06. The number of carbonyl (C=O) groups is 10. The molecule has 57 heavy (non-hydrogen) atoms. The van der Waals surface area contributed by atoms with Crippen molar-refractivity contribution in [3.8, 4) is 0 Å². The van der Waals surface area contributed by atoms with Gasteiger partial charge >= 0.3 is 5.97 Å². The maximum absolute atomic E-state index is 13.1. The van der Waals surface area contributed by atoms with Gasteiger partial charge in [-0.1, -0.05) is 18.2 Å². The monoisotopic (exact) mass is 802 g/mol. The number of H-pyrrole nitrogens is 1. The number of fused-ring (bicyclic) bond motifs is 1. The molecule has 2 rings (SSSR count). The van der Waals surface area contributed by atoms with E-state index in [1.54, 1.807) is 12.3 Å². The number of primary amides is 1. The minimum Gasteiger partial charge on any atom is -0.480 e. The summed E-state index contributed by atoms with van der Waals surface area (Å²) in [5.74, 6) is -8.25. The number of aliphatic carboxylic acids is 1. The molecule has 0 aliphatic carbocycles. The predicted octanol–water partition coefficient (Wildman–Crippen LogP) is -5.82. The molecule has 1 aromatic carbocycles. The van der Waals surface area contributed by atoms with Crippen LogP contribution in [0.25, 0.3) is 10.9 Å². The highest BCUT2D eigenvalue weighted by molar-refractivity contribution is 5.95. The summed E-state index contributed by atoms with van der Waals surface area (Å²) in [6.07, 6.45) is 2.14. The Morgan fingerprint density at radius 2 is 1.16 bits per heavy atom. The van der Waals surface area contributed by atoms with Gasteiger partial charge in [0, 0.05) is 29.9 Å². The Balaban J connectivity index is 1.82. The molecular formula is C34H50N12O11. The van der Waals surface area contributed by atoms with E-state index in [4.69, 9.17) is 17.2 Å². The van der Waals surface area contributed by atoms with Gasteiger partial charge in [-0.15, -0.1) is 0 Å². The zero-order chi connectivity index (χ0) is 42.3. The van der Waals surface area contributed by atoms with Crippen LogP contribution in [0.1, 0.15) is 37.7 Å². The molecular weight excluding hydrogens is 752 g/mol. The van der Waals surface area contributed by atoms with Crippen molar-refractivity contribution < 1.29 is 53.1 Å². The number of aromatic nitrogens is 1. The van der Waals surface area contributed by atoms with Crippen LogP contribution in [0.2, 0.25) is 0 Å². The van der Waals surface area contributed by atoms with Crippen LogP contribution in [0.5, 0.6) is 0 Å². The molecule has 23 heteroatoms. The summed E-state index contributed by atoms with van der Waals surface area (Å²) in [6, 6.07) is 3.47. The molecule has 312 valence electrons. The smallest absolute Gasteiger partial charge is 0.326 e. The second-order valence-electron chi connectivity index (χ2n) is 12.5. The third kappa shape index (κ3) is 18.0. The molecule has 16 N–H and O–H groups in total. The van der Waals surface area contributed by atoms with Gasteiger partial charge in [-0.3, -0.25) is 43.2 Å². The third-order valence-corrected chi connectivity index (χ3v) is 8.04. The van der Waals surface area contributed by atoms with E-state index >= 15 is 0 Å². The topological polar surface area (TPSA) is 381 Å². The lowest BCUT2D eigenvalue weighted by Gasteiger charge is -2.21. The van der Waals surface area contributed by atoms with Crippen LogP contribution in [-0.2, 0) is 54.4 Å². The molecule has 1 aromatic heterocycles. The quantitative estimate of drug-likeness (QED) is 0.0395. The highest BCUT2D eigenvalue weighted by Gasteiger charge is 2.27. The second-order valence-corrected chi connectivity index (χ2v) is 12.5. The molecule has 9 amide bonds. The normalized spacial score (nSPS) is 12.2. The van der Waals surface area contributed by atoms with Crippen molar-refractivity contribution in [1.29, 1.82) is 0 Å². The van der Waals surface area contributed by atoms with Gasteiger partial charge in [-0.2, -0.15) is 0 Å². The summed E-state index contributed by atoms with van der Waals surface area (Å²) in [4.78, 5) is 125. The number of hydrogen-bond acceptors (Lipinski definition) is 12. The van der Waals surface area contributed by atoms with Gasteiger partial charge in [0.1, 0.15) is 18.1 Å². The molecule has 3 unspecified atom stereocenters. The molecule has 0 fully saturated rings. The molecule has 0 saturated heterocycles. The number of benzene rings is 1. The second kappa shape index (κ2) is 24.7. The van der Waals surface area contributed by atoms with Crippen LogP contribution in [0, 0.1) is 0 Å². The average Bonchev–Trinajstić information content (AvgIpc) is 3.59. The Labute approximate surface area is 326 Å². The summed E-state index contributed by atoms with van der Waals surface area (Å²) in [5, 5.41) is 28.8. The fraction of sp³-hybridized carbons (Fsp3) is 0.471. The summed E-state index contributed by atoms with van der Waals surface area (Å²) in [6.45, 7) is -2.92. The number of carbonyl (C=O) groups excluding carboxylic acids is 9. The van der Waals surface area contributed by atoms with E-state index in [1.165, 1.54) is 0 Å². The largest absolute Gasteiger partial charge is 0.480 e. The first-order chi connectivity index (χ1) is 27.1. The first kappa shape index (κ1) is 46.5. The van der Waals surface area contributed by atoms with Crippen LogP contribution in [0.15, 0.2) is 30.5 Å². The van der Waals surface area contributed by atoms with Crippen LogP contribution in [-0.4, -0.2) is 133 Å². The summed E-state index contributed by atoms with van der Waals surface area (Å²) < 4.78 is 0. The number of unbranched alkanes of at least 4 members (excludes halogenated alkanes) is 1. The van der Waals surface area contributed by atoms with Gasteiger partial charge in [0.2, 0.25) is 53.2 Å². The lowest BCUT2D eigenvalue weighted by molar-refractivity contribution is -0.142. The number of amides is 9. The van der Waals surface area contributed by atoms with Crippen molar-refractivity contribution in [2.24, 2.45) is 17.2 Å². The Bertz CT molecular complexity index is 1770. The number of nitrogens with one attached hydrogen (secondary N) is 9. The van der Waals surface area contributed by atoms with Crippen LogP contribution < -0.4 is 59.7 Å². The van der Waals surface area contributed by atoms with Crippen LogP contribution in [0.3, 0.4) is 0 Å². The number of para-hydroxylation sites is 1. The number of carboxylic acids is 1. The SMILES string of the molecule is NCCCCC(NC(=O)C(CCC(N)=O)NC(=O)CNC(=O)CNC(=O)CNC(=O)CNC(=O)C(Cc1c[nH]c2ccccc12)NC(=O)CNC(=O)CN)C(=O)O. The first-order valence-corrected chi connectivity index (χ1v) is 17.8. The lowest BCUT2D eigenvalue weighted by atomic mass is 10.0. The fourth-order valence-corrected chi connectivity index (χ4v) is 5.06. The Morgan fingerprint density at radius 1 is 0.614 bits per heavy atom. The lowest BCUT2D eigenvalue weighted by Crippen LogP contribution is -2.53. The van der Waals surface area contributed by atoms with E-state index in [-0.39, 0.29) is 32.2 Å². The molecule has 0 saturated carbocycles. The Hall–Kier alpha value is -6.62. The van der Waals surface area contributed by atoms with Crippen LogP contribution >= 0.6 is 0 Å². The highest BCUT2D eigenvalue weighted by atomic mass is 16.4.